The maximum absolute atomic E-state index is 11.6. The lowest BCUT2D eigenvalue weighted by Gasteiger charge is -2.12. The number of benzene rings is 2. The highest BCUT2D eigenvalue weighted by molar-refractivity contribution is 5.97. The molecule has 4 nitrogen and oxygen atoms in total. The van der Waals surface area contributed by atoms with Crippen molar-refractivity contribution in [3.05, 3.63) is 59.2 Å². The molecule has 0 amide bonds. The number of ether oxygens (including phenoxy) is 2. The Morgan fingerprint density at radius 1 is 1.18 bits per heavy atom. The maximum Gasteiger partial charge on any atom is 0.340 e. The van der Waals surface area contributed by atoms with E-state index in [0.29, 0.717) is 23.7 Å². The van der Waals surface area contributed by atoms with Gasteiger partial charge in [0.1, 0.15) is 17.1 Å². The number of aromatic carboxylic acids is 1. The van der Waals surface area contributed by atoms with Crippen molar-refractivity contribution in [1.82, 2.24) is 0 Å². The van der Waals surface area contributed by atoms with Gasteiger partial charge in [0.15, 0.2) is 0 Å². The number of carboxylic acids is 1. The summed E-state index contributed by atoms with van der Waals surface area (Å²) >= 11 is 0. The molecule has 0 unspecified atom stereocenters. The summed E-state index contributed by atoms with van der Waals surface area (Å²) in [6, 6.07) is 12.9. The van der Waals surface area contributed by atoms with E-state index in [0.717, 1.165) is 5.56 Å². The zero-order valence-electron chi connectivity index (χ0n) is 12.6. The Morgan fingerprint density at radius 3 is 2.50 bits per heavy atom. The van der Waals surface area contributed by atoms with E-state index < -0.39 is 5.97 Å². The smallest absolute Gasteiger partial charge is 0.340 e. The minimum atomic E-state index is -1.03. The first kappa shape index (κ1) is 15.6. The van der Waals surface area contributed by atoms with Crippen LogP contribution in [0, 0.1) is 0 Å². The molecule has 0 aliphatic carbocycles. The van der Waals surface area contributed by atoms with Gasteiger partial charge in [-0.1, -0.05) is 42.5 Å². The zero-order valence-corrected chi connectivity index (χ0v) is 12.6. The van der Waals surface area contributed by atoms with Crippen LogP contribution in [0.4, 0.5) is 0 Å². The van der Waals surface area contributed by atoms with Gasteiger partial charge in [-0.25, -0.2) is 4.79 Å². The van der Waals surface area contributed by atoms with Crippen molar-refractivity contribution in [2.75, 3.05) is 13.7 Å². The molecule has 2 aromatic carbocycles. The Balaban J connectivity index is 2.50. The van der Waals surface area contributed by atoms with Gasteiger partial charge in [0.05, 0.1) is 13.7 Å². The molecular formula is C18H18O4. The molecule has 0 aliphatic rings. The number of hydrogen-bond donors (Lipinski definition) is 1. The fraction of sp³-hybridized carbons (Fsp3) is 0.167. The molecule has 114 valence electrons. The molecule has 0 atom stereocenters. The molecule has 0 aromatic heterocycles. The second-order valence-electron chi connectivity index (χ2n) is 4.57. The van der Waals surface area contributed by atoms with Crippen molar-refractivity contribution in [3.8, 4) is 11.5 Å². The highest BCUT2D eigenvalue weighted by Gasteiger charge is 2.17. The van der Waals surface area contributed by atoms with Gasteiger partial charge in [-0.3, -0.25) is 0 Å². The summed E-state index contributed by atoms with van der Waals surface area (Å²) in [5.41, 5.74) is 1.66. The molecule has 22 heavy (non-hydrogen) atoms. The third-order valence-corrected chi connectivity index (χ3v) is 3.11. The second-order valence-corrected chi connectivity index (χ2v) is 4.57. The lowest BCUT2D eigenvalue weighted by Crippen LogP contribution is -2.06. The molecule has 0 heterocycles. The lowest BCUT2D eigenvalue weighted by molar-refractivity contribution is 0.0692. The minimum Gasteiger partial charge on any atom is -0.497 e. The van der Waals surface area contributed by atoms with Crippen LogP contribution in [0.25, 0.3) is 12.2 Å². The SMILES string of the molecule is CCOc1cc(OC)cc(/C=C/c2ccccc2)c1C(=O)O. The second kappa shape index (κ2) is 7.31. The first-order valence-electron chi connectivity index (χ1n) is 6.97. The third kappa shape index (κ3) is 3.67. The summed E-state index contributed by atoms with van der Waals surface area (Å²) in [6.45, 7) is 2.19. The fourth-order valence-corrected chi connectivity index (χ4v) is 2.11. The van der Waals surface area contributed by atoms with E-state index in [-0.39, 0.29) is 5.56 Å². The standard InChI is InChI=1S/C18H18O4/c1-3-22-16-12-15(21-2)11-14(17(16)18(19)20)10-9-13-7-5-4-6-8-13/h4-12H,3H2,1-2H3,(H,19,20)/b10-9+. The van der Waals surface area contributed by atoms with Crippen LogP contribution in [0.15, 0.2) is 42.5 Å². The van der Waals surface area contributed by atoms with Gasteiger partial charge in [-0.2, -0.15) is 0 Å². The predicted octanol–water partition coefficient (Wildman–Crippen LogP) is 3.96. The summed E-state index contributed by atoms with van der Waals surface area (Å²) in [5.74, 6) is -0.165. The molecule has 2 aromatic rings. The van der Waals surface area contributed by atoms with Crippen LogP contribution in [0.5, 0.6) is 11.5 Å². The number of hydrogen-bond acceptors (Lipinski definition) is 3. The van der Waals surface area contributed by atoms with Gasteiger partial charge in [-0.15, -0.1) is 0 Å². The van der Waals surface area contributed by atoms with Gasteiger partial charge in [0.2, 0.25) is 0 Å². The van der Waals surface area contributed by atoms with E-state index in [1.807, 2.05) is 43.3 Å². The van der Waals surface area contributed by atoms with Crippen LogP contribution < -0.4 is 9.47 Å². The van der Waals surface area contributed by atoms with Crippen LogP contribution in [-0.4, -0.2) is 24.8 Å². The van der Waals surface area contributed by atoms with Crippen LogP contribution in [0.3, 0.4) is 0 Å². The average molecular weight is 298 g/mol. The number of carbonyl (C=O) groups is 1. The van der Waals surface area contributed by atoms with Gasteiger partial charge < -0.3 is 14.6 Å². The number of methoxy groups -OCH3 is 1. The Kier molecular flexibility index (Phi) is 5.20. The van der Waals surface area contributed by atoms with Crippen LogP contribution in [0.2, 0.25) is 0 Å². The van der Waals surface area contributed by atoms with E-state index >= 15 is 0 Å². The summed E-state index contributed by atoms with van der Waals surface area (Å²) in [4.78, 5) is 11.6. The molecule has 0 fully saturated rings. The van der Waals surface area contributed by atoms with E-state index in [4.69, 9.17) is 9.47 Å². The van der Waals surface area contributed by atoms with Crippen LogP contribution in [-0.2, 0) is 0 Å². The normalized spacial score (nSPS) is 10.6. The first-order valence-corrected chi connectivity index (χ1v) is 6.97. The molecule has 1 N–H and O–H groups in total. The van der Waals surface area contributed by atoms with E-state index in [2.05, 4.69) is 0 Å². The quantitative estimate of drug-likeness (QED) is 0.820. The summed E-state index contributed by atoms with van der Waals surface area (Å²) < 4.78 is 10.7. The van der Waals surface area contributed by atoms with Crippen molar-refractivity contribution in [2.24, 2.45) is 0 Å². The van der Waals surface area contributed by atoms with Crippen LogP contribution in [0.1, 0.15) is 28.4 Å². The molecule has 4 heteroatoms. The average Bonchev–Trinajstić information content (AvgIpc) is 2.53. The number of carboxylic acid groups (broad SMARTS) is 1. The van der Waals surface area contributed by atoms with Gasteiger partial charge in [0, 0.05) is 6.07 Å². The largest absolute Gasteiger partial charge is 0.497 e. The molecule has 0 spiro atoms. The zero-order chi connectivity index (χ0) is 15.9. The molecule has 0 aliphatic heterocycles. The first-order chi connectivity index (χ1) is 10.7. The molecule has 0 saturated carbocycles. The Labute approximate surface area is 129 Å². The lowest BCUT2D eigenvalue weighted by atomic mass is 10.0. The van der Waals surface area contributed by atoms with Crippen molar-refractivity contribution in [2.45, 2.75) is 6.92 Å². The van der Waals surface area contributed by atoms with Crippen molar-refractivity contribution < 1.29 is 19.4 Å². The van der Waals surface area contributed by atoms with Crippen LogP contribution >= 0.6 is 0 Å². The Hall–Kier alpha value is -2.75. The van der Waals surface area contributed by atoms with Gasteiger partial charge >= 0.3 is 5.97 Å². The molecule has 2 rings (SSSR count). The van der Waals surface area contributed by atoms with Crippen molar-refractivity contribution in [3.63, 3.8) is 0 Å². The Bertz CT molecular complexity index is 675. The predicted molar refractivity (Wildman–Crippen MR) is 86.5 cm³/mol. The summed E-state index contributed by atoms with van der Waals surface area (Å²) in [5, 5.41) is 9.48. The molecule has 0 radical (unpaired) electrons. The monoisotopic (exact) mass is 298 g/mol. The summed E-state index contributed by atoms with van der Waals surface area (Å²) in [7, 11) is 1.54. The van der Waals surface area contributed by atoms with Gasteiger partial charge in [-0.05, 0) is 24.1 Å². The summed E-state index contributed by atoms with van der Waals surface area (Å²) in [6.07, 6.45) is 3.61. The fourth-order valence-electron chi connectivity index (χ4n) is 2.11. The van der Waals surface area contributed by atoms with E-state index in [1.165, 1.54) is 7.11 Å². The molecule has 0 bridgehead atoms. The topological polar surface area (TPSA) is 55.8 Å². The van der Waals surface area contributed by atoms with E-state index in [9.17, 15) is 9.90 Å². The molecular weight excluding hydrogens is 280 g/mol. The third-order valence-electron chi connectivity index (χ3n) is 3.11. The Morgan fingerprint density at radius 2 is 1.91 bits per heavy atom. The molecule has 0 saturated heterocycles. The highest BCUT2D eigenvalue weighted by Crippen LogP contribution is 2.30. The van der Waals surface area contributed by atoms with E-state index in [1.54, 1.807) is 18.2 Å². The highest BCUT2D eigenvalue weighted by atomic mass is 16.5. The minimum absolute atomic E-state index is 0.134. The number of rotatable bonds is 6. The van der Waals surface area contributed by atoms with Crippen molar-refractivity contribution >= 4 is 18.1 Å². The van der Waals surface area contributed by atoms with Gasteiger partial charge in [0.25, 0.3) is 0 Å². The van der Waals surface area contributed by atoms with Crippen molar-refractivity contribution in [1.29, 1.82) is 0 Å². The maximum atomic E-state index is 11.6.